The fourth-order valence-electron chi connectivity index (χ4n) is 2.22. The summed E-state index contributed by atoms with van der Waals surface area (Å²) in [6.07, 6.45) is 1.57. The van der Waals surface area contributed by atoms with E-state index in [0.29, 0.717) is 6.54 Å². The van der Waals surface area contributed by atoms with Crippen LogP contribution in [0.1, 0.15) is 35.8 Å². The smallest absolute Gasteiger partial charge is 0.340 e. The van der Waals surface area contributed by atoms with Crippen LogP contribution in [0.3, 0.4) is 0 Å². The second-order valence-corrected chi connectivity index (χ2v) is 6.25. The molecular formula is C10H15N3O4S. The molecule has 1 aliphatic heterocycles. The minimum atomic E-state index is -3.83. The number of aromatic amines is 1. The third-order valence-electron chi connectivity index (χ3n) is 3.17. The van der Waals surface area contributed by atoms with Gasteiger partial charge in [0, 0.05) is 18.3 Å². The average Bonchev–Trinajstić information content (AvgIpc) is 2.84. The van der Waals surface area contributed by atoms with Crippen molar-refractivity contribution in [2.45, 2.75) is 37.8 Å². The summed E-state index contributed by atoms with van der Waals surface area (Å²) in [4.78, 5) is 11.1. The minimum Gasteiger partial charge on any atom is -0.478 e. The van der Waals surface area contributed by atoms with Gasteiger partial charge in [-0.3, -0.25) is 5.10 Å². The quantitative estimate of drug-likeness (QED) is 0.838. The molecule has 0 saturated carbocycles. The van der Waals surface area contributed by atoms with Gasteiger partial charge in [-0.25, -0.2) is 13.2 Å². The number of hydrogen-bond acceptors (Lipinski definition) is 4. The largest absolute Gasteiger partial charge is 0.478 e. The molecule has 18 heavy (non-hydrogen) atoms. The summed E-state index contributed by atoms with van der Waals surface area (Å²) in [5.74, 6) is -1.29. The number of H-pyrrole nitrogens is 1. The number of aromatic carboxylic acids is 1. The molecule has 1 fully saturated rings. The van der Waals surface area contributed by atoms with E-state index in [2.05, 4.69) is 10.2 Å². The molecule has 0 aromatic carbocycles. The Morgan fingerprint density at radius 3 is 2.72 bits per heavy atom. The predicted octanol–water partition coefficient (Wildman–Crippen LogP) is 0.589. The van der Waals surface area contributed by atoms with E-state index in [0.717, 1.165) is 12.8 Å². The molecular weight excluding hydrogens is 258 g/mol. The molecule has 1 saturated heterocycles. The average molecular weight is 273 g/mol. The van der Waals surface area contributed by atoms with E-state index in [-0.39, 0.29) is 22.3 Å². The number of nitrogens with one attached hydrogen (secondary N) is 1. The first-order chi connectivity index (χ1) is 8.35. The van der Waals surface area contributed by atoms with Crippen LogP contribution < -0.4 is 0 Å². The van der Waals surface area contributed by atoms with Gasteiger partial charge in [0.25, 0.3) is 10.0 Å². The normalized spacial score (nSPS) is 21.3. The van der Waals surface area contributed by atoms with E-state index < -0.39 is 16.0 Å². The molecule has 2 rings (SSSR count). The van der Waals surface area contributed by atoms with Gasteiger partial charge in [-0.1, -0.05) is 0 Å². The van der Waals surface area contributed by atoms with Crippen molar-refractivity contribution in [3.05, 3.63) is 11.3 Å². The first kappa shape index (κ1) is 13.0. The lowest BCUT2D eigenvalue weighted by atomic mass is 10.3. The molecule has 2 heterocycles. The van der Waals surface area contributed by atoms with Crippen molar-refractivity contribution in [3.8, 4) is 0 Å². The standard InChI is InChI=1S/C10H15N3O4S/c1-6-4-3-5-13(6)18(16,17)9-8(10(14)15)7(2)11-12-9/h6H,3-5H2,1-2H3,(H,11,12)(H,14,15). The van der Waals surface area contributed by atoms with Gasteiger partial charge in [0.15, 0.2) is 0 Å². The summed E-state index contributed by atoms with van der Waals surface area (Å²) in [6, 6.07) is -0.117. The maximum Gasteiger partial charge on any atom is 0.340 e. The number of rotatable bonds is 3. The zero-order chi connectivity index (χ0) is 13.5. The molecule has 8 heteroatoms. The number of carbonyl (C=O) groups is 1. The third kappa shape index (κ3) is 1.91. The topological polar surface area (TPSA) is 103 Å². The maximum absolute atomic E-state index is 12.4. The molecule has 1 aromatic rings. The molecule has 7 nitrogen and oxygen atoms in total. The lowest BCUT2D eigenvalue weighted by molar-refractivity contribution is 0.0691. The fraction of sp³-hybridized carbons (Fsp3) is 0.600. The molecule has 0 aliphatic carbocycles. The maximum atomic E-state index is 12.4. The van der Waals surface area contributed by atoms with E-state index >= 15 is 0 Å². The second kappa shape index (κ2) is 4.36. The number of sulfonamides is 1. The summed E-state index contributed by atoms with van der Waals surface area (Å²) < 4.78 is 26.0. The van der Waals surface area contributed by atoms with Crippen LogP contribution in [0.25, 0.3) is 0 Å². The van der Waals surface area contributed by atoms with Crippen LogP contribution in [0.2, 0.25) is 0 Å². The van der Waals surface area contributed by atoms with E-state index in [1.54, 1.807) is 0 Å². The molecule has 100 valence electrons. The third-order valence-corrected chi connectivity index (χ3v) is 5.12. The number of hydrogen-bond donors (Lipinski definition) is 2. The van der Waals surface area contributed by atoms with Gasteiger partial charge in [-0.05, 0) is 26.7 Å². The van der Waals surface area contributed by atoms with Crippen LogP contribution in [0.15, 0.2) is 5.03 Å². The minimum absolute atomic E-state index is 0.117. The molecule has 1 aromatic heterocycles. The summed E-state index contributed by atoms with van der Waals surface area (Å²) in [6.45, 7) is 3.71. The van der Waals surface area contributed by atoms with Crippen molar-refractivity contribution in [3.63, 3.8) is 0 Å². The first-order valence-electron chi connectivity index (χ1n) is 5.66. The molecule has 1 atom stereocenters. The Kier molecular flexibility index (Phi) is 3.16. The van der Waals surface area contributed by atoms with Crippen molar-refractivity contribution in [2.75, 3.05) is 6.54 Å². The molecule has 1 unspecified atom stereocenters. The molecule has 0 radical (unpaired) electrons. The highest BCUT2D eigenvalue weighted by molar-refractivity contribution is 7.89. The Bertz CT molecular complexity index is 578. The molecule has 0 spiro atoms. The monoisotopic (exact) mass is 273 g/mol. The van der Waals surface area contributed by atoms with Crippen LogP contribution >= 0.6 is 0 Å². The van der Waals surface area contributed by atoms with Crippen molar-refractivity contribution in [2.24, 2.45) is 0 Å². The van der Waals surface area contributed by atoms with E-state index in [1.165, 1.54) is 11.2 Å². The van der Waals surface area contributed by atoms with E-state index in [9.17, 15) is 13.2 Å². The molecule has 0 amide bonds. The number of carboxylic acids is 1. The summed E-state index contributed by atoms with van der Waals surface area (Å²) in [5, 5.41) is 14.8. The van der Waals surface area contributed by atoms with Gasteiger partial charge in [-0.2, -0.15) is 9.40 Å². The Morgan fingerprint density at radius 2 is 2.22 bits per heavy atom. The Labute approximate surface area is 105 Å². The number of aromatic nitrogens is 2. The summed E-state index contributed by atoms with van der Waals surface area (Å²) >= 11 is 0. The van der Waals surface area contributed by atoms with Crippen molar-refractivity contribution >= 4 is 16.0 Å². The van der Waals surface area contributed by atoms with Crippen molar-refractivity contribution in [1.29, 1.82) is 0 Å². The number of aryl methyl sites for hydroxylation is 1. The van der Waals surface area contributed by atoms with Crippen LogP contribution in [-0.4, -0.2) is 46.6 Å². The lowest BCUT2D eigenvalue weighted by Gasteiger charge is -2.19. The molecule has 1 aliphatic rings. The number of nitrogens with zero attached hydrogens (tertiary/aromatic N) is 2. The lowest BCUT2D eigenvalue weighted by Crippen LogP contribution is -2.34. The highest BCUT2D eigenvalue weighted by Gasteiger charge is 2.37. The van der Waals surface area contributed by atoms with Crippen molar-refractivity contribution in [1.82, 2.24) is 14.5 Å². The van der Waals surface area contributed by atoms with Crippen LogP contribution in [0.4, 0.5) is 0 Å². The Morgan fingerprint density at radius 1 is 1.56 bits per heavy atom. The van der Waals surface area contributed by atoms with Gasteiger partial charge in [0.2, 0.25) is 5.03 Å². The number of carboxylic acid groups (broad SMARTS) is 1. The second-order valence-electron chi connectivity index (χ2n) is 4.44. The van der Waals surface area contributed by atoms with Gasteiger partial charge in [-0.15, -0.1) is 0 Å². The molecule has 0 bridgehead atoms. The first-order valence-corrected chi connectivity index (χ1v) is 7.10. The van der Waals surface area contributed by atoms with E-state index in [4.69, 9.17) is 5.11 Å². The van der Waals surface area contributed by atoms with Gasteiger partial charge in [0.05, 0.1) is 0 Å². The highest BCUT2D eigenvalue weighted by atomic mass is 32.2. The van der Waals surface area contributed by atoms with Crippen LogP contribution in [-0.2, 0) is 10.0 Å². The predicted molar refractivity (Wildman–Crippen MR) is 62.9 cm³/mol. The SMILES string of the molecule is Cc1[nH]nc(S(=O)(=O)N2CCCC2C)c1C(=O)O. The van der Waals surface area contributed by atoms with Gasteiger partial charge >= 0.3 is 5.97 Å². The summed E-state index contributed by atoms with van der Waals surface area (Å²) in [7, 11) is -3.83. The van der Waals surface area contributed by atoms with Crippen LogP contribution in [0.5, 0.6) is 0 Å². The zero-order valence-electron chi connectivity index (χ0n) is 10.2. The van der Waals surface area contributed by atoms with Gasteiger partial charge in [0.1, 0.15) is 5.56 Å². The fourth-order valence-corrected chi connectivity index (χ4v) is 4.05. The van der Waals surface area contributed by atoms with Crippen LogP contribution in [0, 0.1) is 6.92 Å². The molecule has 2 N–H and O–H groups in total. The van der Waals surface area contributed by atoms with Gasteiger partial charge < -0.3 is 5.11 Å². The Balaban J connectivity index is 2.51. The van der Waals surface area contributed by atoms with Crippen molar-refractivity contribution < 1.29 is 18.3 Å². The summed E-state index contributed by atoms with van der Waals surface area (Å²) in [5.41, 5.74) is -0.0259. The van der Waals surface area contributed by atoms with E-state index in [1.807, 2.05) is 6.92 Å². The zero-order valence-corrected chi connectivity index (χ0v) is 11.0. The Hall–Kier alpha value is -1.41. The highest BCUT2D eigenvalue weighted by Crippen LogP contribution is 2.27.